The maximum Gasteiger partial charge on any atom is 0.251 e. The molecule has 0 aliphatic heterocycles. The Morgan fingerprint density at radius 1 is 0.903 bits per heavy atom. The summed E-state index contributed by atoms with van der Waals surface area (Å²) in [4.78, 5) is 25.9. The van der Waals surface area contributed by atoms with Crippen molar-refractivity contribution >= 4 is 11.8 Å². The minimum absolute atomic E-state index is 0.145. The minimum Gasteiger partial charge on any atom is -0.457 e. The molecule has 3 N–H and O–H groups in total. The lowest BCUT2D eigenvalue weighted by Gasteiger charge is -2.14. The first-order chi connectivity index (χ1) is 14.9. The molecule has 0 saturated heterocycles. The van der Waals surface area contributed by atoms with Gasteiger partial charge >= 0.3 is 0 Å². The second kappa shape index (κ2) is 10.4. The Bertz CT molecular complexity index is 1030. The van der Waals surface area contributed by atoms with Crippen LogP contribution in [0.4, 0.5) is 0 Å². The van der Waals surface area contributed by atoms with Crippen LogP contribution in [0.3, 0.4) is 0 Å². The molecule has 0 aliphatic rings. The highest BCUT2D eigenvalue weighted by Crippen LogP contribution is 2.22. The van der Waals surface area contributed by atoms with E-state index in [0.717, 1.165) is 18.7 Å². The molecule has 2 amide bonds. The quantitative estimate of drug-likeness (QED) is 0.552. The van der Waals surface area contributed by atoms with Gasteiger partial charge in [0.25, 0.3) is 5.91 Å². The van der Waals surface area contributed by atoms with E-state index in [2.05, 4.69) is 36.3 Å². The van der Waals surface area contributed by atoms with Crippen LogP contribution in [-0.2, 0) is 13.1 Å². The number of primary amides is 1. The highest BCUT2D eigenvalue weighted by atomic mass is 16.5. The molecular weight excluding hydrogens is 390 g/mol. The topological polar surface area (TPSA) is 84.7 Å². The Balaban J connectivity index is 1.55. The van der Waals surface area contributed by atoms with Crippen molar-refractivity contribution in [2.75, 3.05) is 13.6 Å². The van der Waals surface area contributed by atoms with Gasteiger partial charge in [0, 0.05) is 24.2 Å². The molecule has 0 fully saturated rings. The van der Waals surface area contributed by atoms with Crippen molar-refractivity contribution < 1.29 is 14.3 Å². The molecule has 0 spiro atoms. The highest BCUT2D eigenvalue weighted by Gasteiger charge is 2.07. The standard InChI is InChI=1S/C25H27N3O3/c1-3-28(2)17-19-6-4-5-18(15-19)16-27-25(30)21-9-13-23(14-10-21)31-22-11-7-20(8-12-22)24(26)29/h4-15H,3,16-17H2,1-2H3,(H2,26,29)(H,27,30). The molecular formula is C25H27N3O3. The largest absolute Gasteiger partial charge is 0.457 e. The molecule has 0 bridgehead atoms. The van der Waals surface area contributed by atoms with Crippen LogP contribution in [0.1, 0.15) is 38.8 Å². The monoisotopic (exact) mass is 417 g/mol. The van der Waals surface area contributed by atoms with Crippen molar-refractivity contribution in [3.8, 4) is 11.5 Å². The van der Waals surface area contributed by atoms with Crippen LogP contribution >= 0.6 is 0 Å². The summed E-state index contributed by atoms with van der Waals surface area (Å²) < 4.78 is 5.74. The molecule has 0 unspecified atom stereocenters. The summed E-state index contributed by atoms with van der Waals surface area (Å²) in [5.41, 5.74) is 8.50. The third kappa shape index (κ3) is 6.42. The number of nitrogens with two attached hydrogens (primary N) is 1. The van der Waals surface area contributed by atoms with Crippen LogP contribution in [0.25, 0.3) is 0 Å². The van der Waals surface area contributed by atoms with Crippen molar-refractivity contribution in [3.63, 3.8) is 0 Å². The SMILES string of the molecule is CCN(C)Cc1cccc(CNC(=O)c2ccc(Oc3ccc(C(N)=O)cc3)cc2)c1. The lowest BCUT2D eigenvalue weighted by molar-refractivity contribution is 0.0949. The van der Waals surface area contributed by atoms with Gasteiger partial charge < -0.3 is 20.7 Å². The Labute approximate surface area is 182 Å². The smallest absolute Gasteiger partial charge is 0.251 e. The second-order valence-electron chi connectivity index (χ2n) is 7.35. The van der Waals surface area contributed by atoms with Gasteiger partial charge in [0.2, 0.25) is 5.91 Å². The van der Waals surface area contributed by atoms with Gasteiger partial charge in [0.05, 0.1) is 0 Å². The fraction of sp³-hybridized carbons (Fsp3) is 0.200. The number of benzene rings is 3. The maximum absolute atomic E-state index is 12.5. The predicted octanol–water partition coefficient (Wildman–Crippen LogP) is 3.96. The van der Waals surface area contributed by atoms with E-state index >= 15 is 0 Å². The number of nitrogens with one attached hydrogen (secondary N) is 1. The Morgan fingerprint density at radius 3 is 2.06 bits per heavy atom. The Hall–Kier alpha value is -3.64. The molecule has 160 valence electrons. The normalized spacial score (nSPS) is 10.7. The zero-order chi connectivity index (χ0) is 22.2. The van der Waals surface area contributed by atoms with Crippen molar-refractivity contribution in [2.24, 2.45) is 5.73 Å². The van der Waals surface area contributed by atoms with Crippen LogP contribution in [-0.4, -0.2) is 30.3 Å². The lowest BCUT2D eigenvalue weighted by Crippen LogP contribution is -2.23. The van der Waals surface area contributed by atoms with Crippen molar-refractivity contribution in [1.82, 2.24) is 10.2 Å². The molecule has 6 nitrogen and oxygen atoms in total. The Kier molecular flexibility index (Phi) is 7.40. The summed E-state index contributed by atoms with van der Waals surface area (Å²) >= 11 is 0. The van der Waals surface area contributed by atoms with E-state index in [1.165, 1.54) is 5.56 Å². The molecule has 3 aromatic rings. The molecule has 0 atom stereocenters. The van der Waals surface area contributed by atoms with E-state index < -0.39 is 5.91 Å². The second-order valence-corrected chi connectivity index (χ2v) is 7.35. The third-order valence-electron chi connectivity index (χ3n) is 4.93. The summed E-state index contributed by atoms with van der Waals surface area (Å²) in [6.45, 7) is 4.46. The highest BCUT2D eigenvalue weighted by molar-refractivity contribution is 5.94. The summed E-state index contributed by atoms with van der Waals surface area (Å²) in [6, 6.07) is 21.7. The van der Waals surface area contributed by atoms with Crippen LogP contribution in [0.2, 0.25) is 0 Å². The number of ether oxygens (including phenoxy) is 1. The van der Waals surface area contributed by atoms with Crippen LogP contribution in [0.5, 0.6) is 11.5 Å². The lowest BCUT2D eigenvalue weighted by atomic mass is 10.1. The fourth-order valence-electron chi connectivity index (χ4n) is 3.04. The summed E-state index contributed by atoms with van der Waals surface area (Å²) in [6.07, 6.45) is 0. The van der Waals surface area contributed by atoms with Gasteiger partial charge in [-0.05, 0) is 73.3 Å². The van der Waals surface area contributed by atoms with Gasteiger partial charge in [0.1, 0.15) is 11.5 Å². The summed E-state index contributed by atoms with van der Waals surface area (Å²) in [5, 5.41) is 2.96. The minimum atomic E-state index is -0.484. The third-order valence-corrected chi connectivity index (χ3v) is 4.93. The van der Waals surface area contributed by atoms with Crippen LogP contribution in [0, 0.1) is 0 Å². The van der Waals surface area contributed by atoms with E-state index in [9.17, 15) is 9.59 Å². The first-order valence-corrected chi connectivity index (χ1v) is 10.2. The van der Waals surface area contributed by atoms with Crippen LogP contribution in [0.15, 0.2) is 72.8 Å². The first-order valence-electron chi connectivity index (χ1n) is 10.2. The fourth-order valence-corrected chi connectivity index (χ4v) is 3.04. The van der Waals surface area contributed by atoms with E-state index in [0.29, 0.717) is 29.2 Å². The van der Waals surface area contributed by atoms with Crippen molar-refractivity contribution in [3.05, 3.63) is 95.1 Å². The molecule has 0 saturated carbocycles. The van der Waals surface area contributed by atoms with Crippen molar-refractivity contribution in [1.29, 1.82) is 0 Å². The maximum atomic E-state index is 12.5. The van der Waals surface area contributed by atoms with E-state index in [1.54, 1.807) is 48.5 Å². The van der Waals surface area contributed by atoms with Gasteiger partial charge in [0.15, 0.2) is 0 Å². The molecule has 6 heteroatoms. The molecule has 0 radical (unpaired) electrons. The number of hydrogen-bond acceptors (Lipinski definition) is 4. The van der Waals surface area contributed by atoms with E-state index in [-0.39, 0.29) is 5.91 Å². The van der Waals surface area contributed by atoms with Gasteiger partial charge in [-0.15, -0.1) is 0 Å². The van der Waals surface area contributed by atoms with Crippen LogP contribution < -0.4 is 15.8 Å². The number of carbonyl (C=O) groups excluding carboxylic acids is 2. The first kappa shape index (κ1) is 22.1. The average molecular weight is 418 g/mol. The molecule has 0 aromatic heterocycles. The number of rotatable bonds is 9. The number of amides is 2. The number of hydrogen-bond donors (Lipinski definition) is 2. The van der Waals surface area contributed by atoms with Crippen molar-refractivity contribution in [2.45, 2.75) is 20.0 Å². The summed E-state index contributed by atoms with van der Waals surface area (Å²) in [5.74, 6) is 0.544. The molecule has 3 rings (SSSR count). The van der Waals surface area contributed by atoms with E-state index in [1.807, 2.05) is 12.1 Å². The summed E-state index contributed by atoms with van der Waals surface area (Å²) in [7, 11) is 2.08. The average Bonchev–Trinajstić information content (AvgIpc) is 2.78. The molecule has 3 aromatic carbocycles. The molecule has 0 aliphatic carbocycles. The Morgan fingerprint density at radius 2 is 1.48 bits per heavy atom. The number of nitrogens with zero attached hydrogens (tertiary/aromatic N) is 1. The van der Waals surface area contributed by atoms with Gasteiger partial charge in [-0.1, -0.05) is 31.2 Å². The predicted molar refractivity (Wildman–Crippen MR) is 121 cm³/mol. The zero-order valence-electron chi connectivity index (χ0n) is 17.8. The molecule has 0 heterocycles. The number of carbonyl (C=O) groups is 2. The van der Waals surface area contributed by atoms with Gasteiger partial charge in [-0.25, -0.2) is 0 Å². The zero-order valence-corrected chi connectivity index (χ0v) is 17.8. The van der Waals surface area contributed by atoms with Gasteiger partial charge in [-0.2, -0.15) is 0 Å². The van der Waals surface area contributed by atoms with E-state index in [4.69, 9.17) is 10.5 Å². The molecule has 31 heavy (non-hydrogen) atoms. The van der Waals surface area contributed by atoms with Gasteiger partial charge in [-0.3, -0.25) is 9.59 Å².